The number of amides is 5. The molecule has 1 saturated heterocycles. The maximum absolute atomic E-state index is 13.1. The van der Waals surface area contributed by atoms with Crippen molar-refractivity contribution in [2.75, 3.05) is 13.1 Å². The van der Waals surface area contributed by atoms with Crippen LogP contribution in [0, 0.1) is 18.8 Å². The van der Waals surface area contributed by atoms with Gasteiger partial charge in [0.15, 0.2) is 0 Å². The summed E-state index contributed by atoms with van der Waals surface area (Å²) >= 11 is 0. The number of imidazole rings is 1. The summed E-state index contributed by atoms with van der Waals surface area (Å²) in [6.45, 7) is 6.03. The predicted octanol–water partition coefficient (Wildman–Crippen LogP) is 3.76. The van der Waals surface area contributed by atoms with Crippen molar-refractivity contribution < 1.29 is 24.0 Å². The Labute approximate surface area is 310 Å². The summed E-state index contributed by atoms with van der Waals surface area (Å²) in [7, 11) is 0. The molecule has 0 aliphatic carbocycles. The number of carbonyl (C=O) groups excluding carboxylic acids is 5. The number of nitrogens with zero attached hydrogens (tertiary/aromatic N) is 6. The fourth-order valence-electron chi connectivity index (χ4n) is 7.44. The van der Waals surface area contributed by atoms with Crippen molar-refractivity contribution in [2.45, 2.75) is 58.8 Å². The van der Waals surface area contributed by atoms with E-state index in [2.05, 4.69) is 32.0 Å². The molecule has 0 spiro atoms. The number of nitrogens with one attached hydrogen (secondary N) is 2. The van der Waals surface area contributed by atoms with Gasteiger partial charge in [0, 0.05) is 86.0 Å². The highest BCUT2D eigenvalue weighted by atomic mass is 16.2. The molecule has 6 heterocycles. The van der Waals surface area contributed by atoms with Gasteiger partial charge in [-0.3, -0.25) is 39.3 Å². The van der Waals surface area contributed by atoms with Gasteiger partial charge in [0.1, 0.15) is 17.6 Å². The molecule has 5 aromatic rings. The number of piperidine rings is 1. The Morgan fingerprint density at radius 2 is 1.81 bits per heavy atom. The van der Waals surface area contributed by atoms with Gasteiger partial charge in [0.2, 0.25) is 17.7 Å². The maximum Gasteiger partial charge on any atom is 0.269 e. The van der Waals surface area contributed by atoms with Crippen LogP contribution in [0.2, 0.25) is 0 Å². The van der Waals surface area contributed by atoms with Crippen LogP contribution in [0.25, 0.3) is 33.3 Å². The molecule has 2 N–H and O–H groups in total. The molecule has 0 saturated carbocycles. The number of carbonyl (C=O) groups is 5. The van der Waals surface area contributed by atoms with E-state index in [-0.39, 0.29) is 42.3 Å². The molecule has 1 fully saturated rings. The Morgan fingerprint density at radius 1 is 0.981 bits per heavy atom. The van der Waals surface area contributed by atoms with Crippen LogP contribution in [-0.4, -0.2) is 78.0 Å². The number of hydrogen-bond acceptors (Lipinski definition) is 8. The molecule has 13 heteroatoms. The summed E-state index contributed by atoms with van der Waals surface area (Å²) in [5.41, 5.74) is 6.54. The minimum Gasteiger partial charge on any atom is -0.350 e. The lowest BCUT2D eigenvalue weighted by molar-refractivity contribution is -0.137. The van der Waals surface area contributed by atoms with Gasteiger partial charge in [-0.05, 0) is 54.6 Å². The van der Waals surface area contributed by atoms with Crippen LogP contribution in [-0.2, 0) is 34.0 Å². The highest BCUT2D eigenvalue weighted by Crippen LogP contribution is 2.34. The standard InChI is InChI=1S/C41H36N8O5/c1-24-45-38(36-23-47(25(2)50)17-18-48(24)36)29-10-6-9-27-19-34(44-21-31(27)29)28-12-13-33(43-20-28)39(52)42-16-4-3-7-26-8-5-11-30-32(26)22-49(41(30)54)35-14-15-37(51)46-40(35)53/h5-6,8-13,19-21,35H,4,14-18,22-23H2,1-2H3,(H,42,52)(H,46,51,53). The molecule has 5 amide bonds. The second-order valence-electron chi connectivity index (χ2n) is 13.6. The van der Waals surface area contributed by atoms with E-state index in [0.717, 1.165) is 50.4 Å². The van der Waals surface area contributed by atoms with E-state index >= 15 is 0 Å². The van der Waals surface area contributed by atoms with Crippen LogP contribution in [0.1, 0.15) is 69.7 Å². The molecular weight excluding hydrogens is 685 g/mol. The summed E-state index contributed by atoms with van der Waals surface area (Å²) in [5, 5.41) is 7.11. The van der Waals surface area contributed by atoms with Crippen molar-refractivity contribution in [3.63, 3.8) is 0 Å². The average Bonchev–Trinajstić information content (AvgIpc) is 3.69. The molecule has 3 aliphatic heterocycles. The monoisotopic (exact) mass is 720 g/mol. The van der Waals surface area contributed by atoms with Crippen LogP contribution < -0.4 is 10.6 Å². The molecule has 270 valence electrons. The molecule has 1 unspecified atom stereocenters. The number of fused-ring (bicyclic) bond motifs is 3. The Bertz CT molecular complexity index is 2460. The molecule has 0 bridgehead atoms. The number of pyridine rings is 2. The lowest BCUT2D eigenvalue weighted by atomic mass is 10.0. The molecule has 0 radical (unpaired) electrons. The van der Waals surface area contributed by atoms with Crippen molar-refractivity contribution in [3.8, 4) is 34.4 Å². The fourth-order valence-corrected chi connectivity index (χ4v) is 7.44. The first-order valence-corrected chi connectivity index (χ1v) is 17.9. The van der Waals surface area contributed by atoms with Gasteiger partial charge in [0.25, 0.3) is 11.8 Å². The largest absolute Gasteiger partial charge is 0.350 e. The second kappa shape index (κ2) is 14.0. The van der Waals surface area contributed by atoms with Crippen LogP contribution in [0.4, 0.5) is 0 Å². The minimum atomic E-state index is -0.690. The average molecular weight is 721 g/mol. The molecule has 3 aliphatic rings. The van der Waals surface area contributed by atoms with Crippen molar-refractivity contribution in [1.82, 2.24) is 40.0 Å². The van der Waals surface area contributed by atoms with Crippen molar-refractivity contribution in [2.24, 2.45) is 0 Å². The number of rotatable bonds is 6. The Morgan fingerprint density at radius 3 is 2.61 bits per heavy atom. The molecule has 1 atom stereocenters. The van der Waals surface area contributed by atoms with E-state index in [0.29, 0.717) is 50.1 Å². The summed E-state index contributed by atoms with van der Waals surface area (Å²) < 4.78 is 2.19. The molecule has 2 aromatic carbocycles. The van der Waals surface area contributed by atoms with Crippen LogP contribution >= 0.6 is 0 Å². The smallest absolute Gasteiger partial charge is 0.269 e. The first-order chi connectivity index (χ1) is 26.2. The summed E-state index contributed by atoms with van der Waals surface area (Å²) in [5.74, 6) is 5.80. The molecular formula is C41H36N8O5. The summed E-state index contributed by atoms with van der Waals surface area (Å²) in [6, 6.07) is 16.2. The van der Waals surface area contributed by atoms with Crippen LogP contribution in [0.3, 0.4) is 0 Å². The minimum absolute atomic E-state index is 0.0487. The first kappa shape index (κ1) is 34.4. The van der Waals surface area contributed by atoms with E-state index in [1.807, 2.05) is 54.4 Å². The van der Waals surface area contributed by atoms with E-state index in [1.54, 1.807) is 31.3 Å². The highest BCUT2D eigenvalue weighted by molar-refractivity contribution is 6.05. The number of imide groups is 1. The third kappa shape index (κ3) is 6.36. The van der Waals surface area contributed by atoms with Gasteiger partial charge < -0.3 is 19.7 Å². The van der Waals surface area contributed by atoms with Crippen molar-refractivity contribution >= 4 is 40.3 Å². The molecule has 13 nitrogen and oxygen atoms in total. The Balaban J connectivity index is 0.903. The number of aromatic nitrogens is 4. The number of benzene rings is 2. The zero-order valence-electron chi connectivity index (χ0n) is 29.8. The third-order valence-corrected chi connectivity index (χ3v) is 10.3. The fraction of sp³-hybridized carbons (Fsp3) is 0.268. The van der Waals surface area contributed by atoms with Crippen LogP contribution in [0.5, 0.6) is 0 Å². The zero-order chi connectivity index (χ0) is 37.5. The number of hydrogen-bond donors (Lipinski definition) is 2. The lowest BCUT2D eigenvalue weighted by Gasteiger charge is -2.29. The Kier molecular flexibility index (Phi) is 8.95. The topological polar surface area (TPSA) is 159 Å². The predicted molar refractivity (Wildman–Crippen MR) is 198 cm³/mol. The van der Waals surface area contributed by atoms with Gasteiger partial charge in [-0.15, -0.1) is 0 Å². The van der Waals surface area contributed by atoms with E-state index in [9.17, 15) is 24.0 Å². The van der Waals surface area contributed by atoms with Gasteiger partial charge in [-0.2, -0.15) is 0 Å². The van der Waals surface area contributed by atoms with Crippen molar-refractivity contribution in [3.05, 3.63) is 101 Å². The quantitative estimate of drug-likeness (QED) is 0.153. The van der Waals surface area contributed by atoms with E-state index in [4.69, 9.17) is 9.97 Å². The Hall–Kier alpha value is -6.68. The van der Waals surface area contributed by atoms with Gasteiger partial charge in [0.05, 0.1) is 23.6 Å². The lowest BCUT2D eigenvalue weighted by Crippen LogP contribution is -2.52. The van der Waals surface area contributed by atoms with E-state index < -0.39 is 11.9 Å². The van der Waals surface area contributed by atoms with Gasteiger partial charge >= 0.3 is 0 Å². The zero-order valence-corrected chi connectivity index (χ0v) is 29.8. The summed E-state index contributed by atoms with van der Waals surface area (Å²) in [4.78, 5) is 79.5. The third-order valence-electron chi connectivity index (χ3n) is 10.3. The summed E-state index contributed by atoms with van der Waals surface area (Å²) in [6.07, 6.45) is 4.33. The highest BCUT2D eigenvalue weighted by Gasteiger charge is 2.39. The maximum atomic E-state index is 13.1. The molecule has 54 heavy (non-hydrogen) atoms. The van der Waals surface area contributed by atoms with Crippen LogP contribution in [0.15, 0.2) is 67.0 Å². The number of aryl methyl sites for hydroxylation is 1. The van der Waals surface area contributed by atoms with Crippen molar-refractivity contribution in [1.29, 1.82) is 0 Å². The van der Waals surface area contributed by atoms with Gasteiger partial charge in [-0.1, -0.05) is 36.1 Å². The van der Waals surface area contributed by atoms with E-state index in [1.165, 1.54) is 4.90 Å². The second-order valence-corrected chi connectivity index (χ2v) is 13.6. The molecule has 3 aromatic heterocycles. The normalized spacial score (nSPS) is 16.4. The van der Waals surface area contributed by atoms with Gasteiger partial charge in [-0.25, -0.2) is 4.98 Å². The first-order valence-electron chi connectivity index (χ1n) is 17.9. The molecule has 8 rings (SSSR count). The SMILES string of the molecule is CC(=O)N1CCn2c(C)nc(-c3cccc4cc(-c5ccc(C(=O)NCCC#Cc6cccc7c6CN(C6CCC(=O)NC6=O)C7=O)nc5)ncc34)c2C1.